The summed E-state index contributed by atoms with van der Waals surface area (Å²) in [5, 5.41) is 9.30. The molecule has 0 N–H and O–H groups in total. The average molecular weight is 659 g/mol. The van der Waals surface area contributed by atoms with E-state index >= 15 is 4.57 Å². The van der Waals surface area contributed by atoms with E-state index in [1.807, 2.05) is 91.1 Å². The van der Waals surface area contributed by atoms with Crippen LogP contribution in [0.3, 0.4) is 0 Å². The minimum atomic E-state index is -3.08. The molecule has 50 heavy (non-hydrogen) atoms. The summed E-state index contributed by atoms with van der Waals surface area (Å²) in [6.07, 6.45) is 3.64. The Kier molecular flexibility index (Phi) is 7.42. The number of rotatable bonds is 6. The van der Waals surface area contributed by atoms with E-state index in [0.29, 0.717) is 0 Å². The molecule has 0 unspecified atom stereocenters. The highest BCUT2D eigenvalue weighted by molar-refractivity contribution is 7.85. The van der Waals surface area contributed by atoms with Crippen molar-refractivity contribution in [1.82, 2.24) is 9.97 Å². The largest absolute Gasteiger partial charge is 0.309 e. The lowest BCUT2D eigenvalue weighted by Gasteiger charge is -2.21. The normalized spacial score (nSPS) is 11.7. The van der Waals surface area contributed by atoms with Gasteiger partial charge < -0.3 is 4.57 Å². The van der Waals surface area contributed by atoms with Gasteiger partial charge in [-0.1, -0.05) is 140 Å². The van der Waals surface area contributed by atoms with Gasteiger partial charge >= 0.3 is 0 Å². The summed E-state index contributed by atoms with van der Waals surface area (Å²) >= 11 is 0. The first-order valence-electron chi connectivity index (χ1n) is 16.8. The Labute approximate surface area is 290 Å². The first-order valence-corrected chi connectivity index (χ1v) is 18.5. The monoisotopic (exact) mass is 658 g/mol. The second-order valence-corrected chi connectivity index (χ2v) is 15.3. The molecule has 0 aliphatic carbocycles. The van der Waals surface area contributed by atoms with Gasteiger partial charge in [0.15, 0.2) is 7.14 Å². The van der Waals surface area contributed by atoms with Gasteiger partial charge in [0.2, 0.25) is 0 Å². The van der Waals surface area contributed by atoms with Crippen molar-refractivity contribution < 1.29 is 4.57 Å². The SMILES string of the molecule is O=P(c1ccccc1)(c1ccccc1)c1ccc2cc(-c3c4ccccc4c(-c4cccc(-c5cccnc5)n4)c4ccccc34)ccc2c1. The number of hydrogen-bond acceptors (Lipinski definition) is 3. The van der Waals surface area contributed by atoms with Crippen molar-refractivity contribution in [2.24, 2.45) is 0 Å². The van der Waals surface area contributed by atoms with E-state index in [0.717, 1.165) is 65.5 Å². The molecular weight excluding hydrogens is 627 g/mol. The van der Waals surface area contributed by atoms with Crippen molar-refractivity contribution >= 4 is 55.4 Å². The summed E-state index contributed by atoms with van der Waals surface area (Å²) in [5.41, 5.74) is 6.25. The van der Waals surface area contributed by atoms with Crippen LogP contribution in [-0.2, 0) is 4.57 Å². The molecule has 9 aromatic rings. The standard InChI is InChI=1S/C46H31N2OP/c49-50(36-14-3-1-4-15-36,37-16-5-2-6-17-37)38-27-26-32-29-34(25-24-33(32)30-38)45-39-18-7-9-20-41(39)46(42-21-10-8-19-40(42)45)44-23-11-22-43(48-44)35-13-12-28-47-31-35/h1-31H. The maximum Gasteiger partial charge on any atom is 0.171 e. The molecule has 0 saturated carbocycles. The molecule has 9 rings (SSSR count). The zero-order valence-electron chi connectivity index (χ0n) is 27.1. The fraction of sp³-hybridized carbons (Fsp3) is 0. The van der Waals surface area contributed by atoms with Gasteiger partial charge in [-0.25, -0.2) is 4.98 Å². The third kappa shape index (κ3) is 5.03. The molecule has 4 heteroatoms. The maximum atomic E-state index is 15.1. The van der Waals surface area contributed by atoms with Gasteiger partial charge in [0.05, 0.1) is 11.4 Å². The molecule has 0 aliphatic heterocycles. The van der Waals surface area contributed by atoms with Gasteiger partial charge in [-0.05, 0) is 79.8 Å². The maximum absolute atomic E-state index is 15.1. The van der Waals surface area contributed by atoms with Crippen molar-refractivity contribution in [3.63, 3.8) is 0 Å². The summed E-state index contributed by atoms with van der Waals surface area (Å²) in [6.45, 7) is 0. The van der Waals surface area contributed by atoms with Crippen LogP contribution in [-0.4, -0.2) is 9.97 Å². The third-order valence-electron chi connectivity index (χ3n) is 9.61. The number of aromatic nitrogens is 2. The highest BCUT2D eigenvalue weighted by Crippen LogP contribution is 2.45. The Morgan fingerprint density at radius 3 is 1.58 bits per heavy atom. The van der Waals surface area contributed by atoms with Crippen molar-refractivity contribution in [3.8, 4) is 33.6 Å². The van der Waals surface area contributed by atoms with Gasteiger partial charge in [0.1, 0.15) is 0 Å². The first-order chi connectivity index (χ1) is 24.7. The number of fused-ring (bicyclic) bond motifs is 3. The Morgan fingerprint density at radius 1 is 0.400 bits per heavy atom. The molecule has 2 heterocycles. The van der Waals surface area contributed by atoms with Gasteiger partial charge in [-0.3, -0.25) is 4.98 Å². The van der Waals surface area contributed by atoms with Gasteiger partial charge in [0, 0.05) is 39.4 Å². The van der Waals surface area contributed by atoms with E-state index < -0.39 is 7.14 Å². The van der Waals surface area contributed by atoms with Gasteiger partial charge in [0.25, 0.3) is 0 Å². The van der Waals surface area contributed by atoms with Crippen molar-refractivity contribution in [3.05, 3.63) is 188 Å². The van der Waals surface area contributed by atoms with Crippen LogP contribution in [0.4, 0.5) is 0 Å². The van der Waals surface area contributed by atoms with Crippen LogP contribution in [0.15, 0.2) is 188 Å². The molecule has 2 aromatic heterocycles. The van der Waals surface area contributed by atoms with E-state index in [1.165, 1.54) is 16.3 Å². The van der Waals surface area contributed by atoms with E-state index in [-0.39, 0.29) is 0 Å². The summed E-state index contributed by atoms with van der Waals surface area (Å²) < 4.78 is 15.1. The topological polar surface area (TPSA) is 42.9 Å². The summed E-state index contributed by atoms with van der Waals surface area (Å²) in [4.78, 5) is 9.49. The van der Waals surface area contributed by atoms with Crippen LogP contribution in [0.2, 0.25) is 0 Å². The minimum absolute atomic E-state index is 0.830. The molecule has 0 amide bonds. The molecule has 0 saturated heterocycles. The fourth-order valence-corrected chi connectivity index (χ4v) is 9.96. The van der Waals surface area contributed by atoms with Crippen LogP contribution in [0.5, 0.6) is 0 Å². The highest BCUT2D eigenvalue weighted by Gasteiger charge is 2.29. The molecular formula is C46H31N2OP. The average Bonchev–Trinajstić information content (AvgIpc) is 3.20. The van der Waals surface area contributed by atoms with E-state index in [2.05, 4.69) is 96.0 Å². The van der Waals surface area contributed by atoms with Crippen molar-refractivity contribution in [2.45, 2.75) is 0 Å². The molecule has 236 valence electrons. The van der Waals surface area contributed by atoms with Crippen LogP contribution in [0.25, 0.3) is 66.0 Å². The van der Waals surface area contributed by atoms with Crippen LogP contribution in [0, 0.1) is 0 Å². The van der Waals surface area contributed by atoms with Gasteiger partial charge in [-0.15, -0.1) is 0 Å². The van der Waals surface area contributed by atoms with Gasteiger partial charge in [-0.2, -0.15) is 0 Å². The predicted molar refractivity (Wildman–Crippen MR) is 210 cm³/mol. The Bertz CT molecular complexity index is 2630. The van der Waals surface area contributed by atoms with Crippen LogP contribution < -0.4 is 15.9 Å². The number of benzene rings is 7. The molecule has 0 bridgehead atoms. The molecule has 0 fully saturated rings. The highest BCUT2D eigenvalue weighted by atomic mass is 31.2. The Hall–Kier alpha value is -6.15. The molecule has 7 aromatic carbocycles. The lowest BCUT2D eigenvalue weighted by Crippen LogP contribution is -2.24. The quantitative estimate of drug-likeness (QED) is 0.132. The number of pyridine rings is 2. The number of hydrogen-bond donors (Lipinski definition) is 0. The Morgan fingerprint density at radius 2 is 0.960 bits per heavy atom. The van der Waals surface area contributed by atoms with Crippen molar-refractivity contribution in [1.29, 1.82) is 0 Å². The van der Waals surface area contributed by atoms with Crippen LogP contribution in [0.1, 0.15) is 0 Å². The van der Waals surface area contributed by atoms with Crippen molar-refractivity contribution in [2.75, 3.05) is 0 Å². The predicted octanol–water partition coefficient (Wildman–Crippen LogP) is 10.6. The molecule has 0 radical (unpaired) electrons. The summed E-state index contributed by atoms with van der Waals surface area (Å²) in [5.74, 6) is 0. The lowest BCUT2D eigenvalue weighted by molar-refractivity contribution is 0.592. The van der Waals surface area contributed by atoms with Crippen LogP contribution >= 0.6 is 7.14 Å². The summed E-state index contributed by atoms with van der Waals surface area (Å²) in [7, 11) is -3.08. The molecule has 3 nitrogen and oxygen atoms in total. The second kappa shape index (κ2) is 12.4. The fourth-order valence-electron chi connectivity index (χ4n) is 7.27. The van der Waals surface area contributed by atoms with E-state index in [4.69, 9.17) is 4.98 Å². The molecule has 0 atom stereocenters. The second-order valence-electron chi connectivity index (χ2n) is 12.5. The smallest absolute Gasteiger partial charge is 0.171 e. The summed E-state index contributed by atoms with van der Waals surface area (Å²) in [6, 6.07) is 60.1. The lowest BCUT2D eigenvalue weighted by atomic mass is 9.86. The Balaban J connectivity index is 1.22. The third-order valence-corrected chi connectivity index (χ3v) is 12.7. The minimum Gasteiger partial charge on any atom is -0.309 e. The van der Waals surface area contributed by atoms with E-state index in [1.54, 1.807) is 6.20 Å². The van der Waals surface area contributed by atoms with E-state index in [9.17, 15) is 0 Å². The zero-order chi connectivity index (χ0) is 33.5. The molecule has 0 aliphatic rings. The first kappa shape index (κ1) is 29.9. The molecule has 0 spiro atoms. The zero-order valence-corrected chi connectivity index (χ0v) is 28.0. The number of nitrogens with zero attached hydrogens (tertiary/aromatic N) is 2.